The van der Waals surface area contributed by atoms with Crippen molar-refractivity contribution in [1.82, 2.24) is 0 Å². The van der Waals surface area contributed by atoms with Gasteiger partial charge in [-0.25, -0.2) is 0 Å². The summed E-state index contributed by atoms with van der Waals surface area (Å²) in [5.74, 6) is -5.89. The van der Waals surface area contributed by atoms with E-state index in [2.05, 4.69) is 9.47 Å². The summed E-state index contributed by atoms with van der Waals surface area (Å²) < 4.78 is 8.98. The minimum atomic E-state index is -1.31. The Balaban J connectivity index is 0. The van der Waals surface area contributed by atoms with E-state index in [0.29, 0.717) is 19.3 Å². The first-order valence-corrected chi connectivity index (χ1v) is 8.01. The SMILES string of the molecule is COC(=O)CCCC=C(C)CCC(C(=O)O)C(=O)OC.O=C(O)CC(=O)O. The Bertz CT molecular complexity index is 538. The lowest BCUT2D eigenvalue weighted by atomic mass is 9.99. The van der Waals surface area contributed by atoms with Crippen LogP contribution in [0.5, 0.6) is 0 Å². The van der Waals surface area contributed by atoms with E-state index in [-0.39, 0.29) is 12.4 Å². The van der Waals surface area contributed by atoms with E-state index in [9.17, 15) is 24.0 Å². The highest BCUT2D eigenvalue weighted by Crippen LogP contribution is 2.15. The highest BCUT2D eigenvalue weighted by atomic mass is 16.5. The Morgan fingerprint density at radius 2 is 1.48 bits per heavy atom. The molecule has 0 radical (unpaired) electrons. The average Bonchev–Trinajstić information content (AvgIpc) is 2.57. The summed E-state index contributed by atoms with van der Waals surface area (Å²) >= 11 is 0. The van der Waals surface area contributed by atoms with E-state index in [1.54, 1.807) is 0 Å². The zero-order chi connectivity index (χ0) is 21.4. The van der Waals surface area contributed by atoms with Crippen LogP contribution in [-0.2, 0) is 33.4 Å². The van der Waals surface area contributed by atoms with Crippen LogP contribution in [0.4, 0.5) is 0 Å². The lowest BCUT2D eigenvalue weighted by Gasteiger charge is -2.09. The van der Waals surface area contributed by atoms with Gasteiger partial charge in [-0.05, 0) is 32.6 Å². The number of hydrogen-bond donors (Lipinski definition) is 3. The maximum Gasteiger partial charge on any atom is 0.320 e. The molecule has 0 saturated carbocycles. The maximum absolute atomic E-state index is 11.3. The molecule has 0 rings (SSSR count). The fourth-order valence-corrected chi connectivity index (χ4v) is 1.78. The van der Waals surface area contributed by atoms with Gasteiger partial charge >= 0.3 is 29.8 Å². The van der Waals surface area contributed by atoms with Gasteiger partial charge in [0.2, 0.25) is 0 Å². The molecule has 0 aliphatic carbocycles. The Kier molecular flexibility index (Phi) is 15.0. The number of methoxy groups -OCH3 is 2. The lowest BCUT2D eigenvalue weighted by molar-refractivity contribution is -0.157. The van der Waals surface area contributed by atoms with Crippen molar-refractivity contribution in [1.29, 1.82) is 0 Å². The van der Waals surface area contributed by atoms with Crippen LogP contribution in [0.3, 0.4) is 0 Å². The predicted molar refractivity (Wildman–Crippen MR) is 91.9 cm³/mol. The summed E-state index contributed by atoms with van der Waals surface area (Å²) in [6.45, 7) is 1.87. The Hall–Kier alpha value is -2.91. The van der Waals surface area contributed by atoms with Gasteiger partial charge in [0.1, 0.15) is 6.42 Å². The third-order valence-electron chi connectivity index (χ3n) is 3.22. The summed E-state index contributed by atoms with van der Waals surface area (Å²) in [6, 6.07) is 0. The molecule has 0 spiro atoms. The summed E-state index contributed by atoms with van der Waals surface area (Å²) in [4.78, 5) is 51.9. The molecule has 0 bridgehead atoms. The zero-order valence-corrected chi connectivity index (χ0v) is 15.6. The number of ether oxygens (including phenoxy) is 2. The number of carboxylic acid groups (broad SMARTS) is 3. The topological polar surface area (TPSA) is 165 Å². The van der Waals surface area contributed by atoms with Crippen LogP contribution >= 0.6 is 0 Å². The van der Waals surface area contributed by atoms with Crippen LogP contribution in [-0.4, -0.2) is 59.4 Å². The minimum Gasteiger partial charge on any atom is -0.481 e. The Morgan fingerprint density at radius 1 is 0.926 bits per heavy atom. The summed E-state index contributed by atoms with van der Waals surface area (Å²) in [5, 5.41) is 24.3. The Morgan fingerprint density at radius 3 is 1.85 bits per heavy atom. The van der Waals surface area contributed by atoms with Crippen molar-refractivity contribution >= 4 is 29.8 Å². The number of esters is 2. The fourth-order valence-electron chi connectivity index (χ4n) is 1.78. The number of carboxylic acids is 3. The molecule has 0 aromatic heterocycles. The molecule has 0 aliphatic rings. The van der Waals surface area contributed by atoms with E-state index < -0.39 is 36.2 Å². The summed E-state index contributed by atoms with van der Waals surface area (Å²) in [6.07, 6.45) is 3.62. The van der Waals surface area contributed by atoms with Gasteiger partial charge < -0.3 is 24.8 Å². The molecule has 0 amide bonds. The molecule has 10 nitrogen and oxygen atoms in total. The Labute approximate surface area is 156 Å². The number of unbranched alkanes of at least 4 members (excludes halogenated alkanes) is 1. The molecule has 154 valence electrons. The van der Waals surface area contributed by atoms with Gasteiger partial charge in [0.15, 0.2) is 5.92 Å². The van der Waals surface area contributed by atoms with Crippen LogP contribution in [0.25, 0.3) is 0 Å². The molecule has 1 unspecified atom stereocenters. The van der Waals surface area contributed by atoms with Crippen molar-refractivity contribution in [3.05, 3.63) is 11.6 Å². The molecule has 1 atom stereocenters. The van der Waals surface area contributed by atoms with Crippen LogP contribution < -0.4 is 0 Å². The monoisotopic (exact) mass is 390 g/mol. The van der Waals surface area contributed by atoms with Crippen molar-refractivity contribution in [3.63, 3.8) is 0 Å². The van der Waals surface area contributed by atoms with Crippen LogP contribution in [0.15, 0.2) is 11.6 Å². The molecule has 0 fully saturated rings. The van der Waals surface area contributed by atoms with Crippen LogP contribution in [0.2, 0.25) is 0 Å². The first-order valence-electron chi connectivity index (χ1n) is 8.01. The normalized spacial score (nSPS) is 11.4. The molecule has 0 heterocycles. The summed E-state index contributed by atoms with van der Waals surface area (Å²) in [5.41, 5.74) is 0.991. The first-order chi connectivity index (χ1) is 12.5. The molecule has 0 saturated heterocycles. The van der Waals surface area contributed by atoms with Crippen molar-refractivity contribution in [2.45, 2.75) is 45.4 Å². The third kappa shape index (κ3) is 16.3. The molecule has 0 aromatic carbocycles. The second kappa shape index (κ2) is 15.4. The maximum atomic E-state index is 11.3. The molecule has 3 N–H and O–H groups in total. The van der Waals surface area contributed by atoms with Gasteiger partial charge in [0, 0.05) is 6.42 Å². The van der Waals surface area contributed by atoms with E-state index in [4.69, 9.17) is 15.3 Å². The van der Waals surface area contributed by atoms with E-state index in [0.717, 1.165) is 12.0 Å². The number of carbonyl (C=O) groups excluding carboxylic acids is 2. The third-order valence-corrected chi connectivity index (χ3v) is 3.22. The fraction of sp³-hybridized carbons (Fsp3) is 0.588. The molecule has 27 heavy (non-hydrogen) atoms. The molecular weight excluding hydrogens is 364 g/mol. The lowest BCUT2D eigenvalue weighted by Crippen LogP contribution is -2.24. The number of aliphatic carboxylic acids is 3. The van der Waals surface area contributed by atoms with Gasteiger partial charge in [-0.3, -0.25) is 24.0 Å². The van der Waals surface area contributed by atoms with E-state index >= 15 is 0 Å². The van der Waals surface area contributed by atoms with Crippen molar-refractivity contribution in [3.8, 4) is 0 Å². The van der Waals surface area contributed by atoms with E-state index in [1.165, 1.54) is 14.2 Å². The van der Waals surface area contributed by atoms with E-state index in [1.807, 2.05) is 13.0 Å². The highest BCUT2D eigenvalue weighted by molar-refractivity contribution is 5.93. The van der Waals surface area contributed by atoms with Crippen molar-refractivity contribution < 1.29 is 48.8 Å². The van der Waals surface area contributed by atoms with Gasteiger partial charge in [-0.2, -0.15) is 0 Å². The second-order valence-electron chi connectivity index (χ2n) is 5.44. The van der Waals surface area contributed by atoms with Crippen molar-refractivity contribution in [2.24, 2.45) is 5.92 Å². The van der Waals surface area contributed by atoms with Gasteiger partial charge in [0.25, 0.3) is 0 Å². The summed E-state index contributed by atoms with van der Waals surface area (Å²) in [7, 11) is 2.52. The highest BCUT2D eigenvalue weighted by Gasteiger charge is 2.26. The minimum absolute atomic E-state index is 0.210. The number of carbonyl (C=O) groups is 5. The number of hydrogen-bond acceptors (Lipinski definition) is 7. The van der Waals surface area contributed by atoms with Gasteiger partial charge in [0.05, 0.1) is 14.2 Å². The van der Waals surface area contributed by atoms with Crippen LogP contribution in [0, 0.1) is 5.92 Å². The first kappa shape index (κ1) is 26.3. The molecule has 0 aromatic rings. The van der Waals surface area contributed by atoms with Gasteiger partial charge in [-0.1, -0.05) is 11.6 Å². The quantitative estimate of drug-likeness (QED) is 0.203. The molecule has 10 heteroatoms. The van der Waals surface area contributed by atoms with Crippen molar-refractivity contribution in [2.75, 3.05) is 14.2 Å². The molecular formula is C17H26O10. The smallest absolute Gasteiger partial charge is 0.320 e. The van der Waals surface area contributed by atoms with Crippen LogP contribution in [0.1, 0.15) is 45.4 Å². The van der Waals surface area contributed by atoms with Gasteiger partial charge in [-0.15, -0.1) is 0 Å². The zero-order valence-electron chi connectivity index (χ0n) is 15.6. The number of rotatable bonds is 11. The standard InChI is InChI=1S/C14H22O6.C3H4O4/c1-10(6-4-5-7-12(15)19-2)8-9-11(13(16)17)14(18)20-3;4-2(5)1-3(6)7/h6,11H,4-5,7-9H2,1-3H3,(H,16,17);1H2,(H,4,5)(H,6,7). The average molecular weight is 390 g/mol. The largest absolute Gasteiger partial charge is 0.481 e. The molecule has 0 aliphatic heterocycles. The second-order valence-corrected chi connectivity index (χ2v) is 5.44. The predicted octanol–water partition coefficient (Wildman–Crippen LogP) is 1.48. The number of allylic oxidation sites excluding steroid dienone is 2.